The van der Waals surface area contributed by atoms with Gasteiger partial charge < -0.3 is 14.8 Å². The van der Waals surface area contributed by atoms with Crippen LogP contribution in [0.2, 0.25) is 0 Å². The Morgan fingerprint density at radius 1 is 1.00 bits per heavy atom. The van der Waals surface area contributed by atoms with Gasteiger partial charge in [0.05, 0.1) is 19.8 Å². The van der Waals surface area contributed by atoms with Gasteiger partial charge in [-0.2, -0.15) is 0 Å². The van der Waals surface area contributed by atoms with Gasteiger partial charge in [-0.3, -0.25) is 0 Å². The molecule has 3 nitrogen and oxygen atoms in total. The second kappa shape index (κ2) is 9.85. The zero-order valence-corrected chi connectivity index (χ0v) is 11.0. The first-order valence-electron chi connectivity index (χ1n) is 6.48. The van der Waals surface area contributed by atoms with E-state index in [0.717, 1.165) is 25.1 Å². The molecule has 0 spiro atoms. The number of halogens is 1. The Hall–Kier alpha value is -1.13. The highest BCUT2D eigenvalue weighted by atomic mass is 19.1. The van der Waals surface area contributed by atoms with Crippen LogP contribution in [0.3, 0.4) is 0 Å². The largest absolute Gasteiger partial charge is 0.383 e. The van der Waals surface area contributed by atoms with E-state index in [1.54, 1.807) is 12.1 Å². The molecule has 0 aromatic heterocycles. The van der Waals surface area contributed by atoms with E-state index in [9.17, 15) is 4.39 Å². The number of hydrogen-bond acceptors (Lipinski definition) is 3. The molecule has 0 heterocycles. The normalized spacial score (nSPS) is 10.6. The number of unbranched alkanes of at least 4 members (excludes halogenated alkanes) is 1. The fourth-order valence-electron chi connectivity index (χ4n) is 1.40. The molecule has 0 amide bonds. The van der Waals surface area contributed by atoms with Gasteiger partial charge in [0, 0.05) is 18.8 Å². The van der Waals surface area contributed by atoms with E-state index in [4.69, 9.17) is 9.47 Å². The SMILES string of the molecule is CCCCOCCOCCNc1ccc(F)cc1. The van der Waals surface area contributed by atoms with Crippen LogP contribution >= 0.6 is 0 Å². The van der Waals surface area contributed by atoms with Crippen LogP contribution in [0.1, 0.15) is 19.8 Å². The van der Waals surface area contributed by atoms with Gasteiger partial charge in [-0.05, 0) is 30.7 Å². The van der Waals surface area contributed by atoms with Crippen molar-refractivity contribution in [2.45, 2.75) is 19.8 Å². The average Bonchev–Trinajstić information content (AvgIpc) is 2.39. The van der Waals surface area contributed by atoms with Crippen LogP contribution in [0.4, 0.5) is 10.1 Å². The number of nitrogens with one attached hydrogen (secondary N) is 1. The maximum Gasteiger partial charge on any atom is 0.123 e. The third-order valence-corrected chi connectivity index (χ3v) is 2.43. The van der Waals surface area contributed by atoms with Crippen LogP contribution in [0.25, 0.3) is 0 Å². The van der Waals surface area contributed by atoms with Crippen LogP contribution in [0.15, 0.2) is 24.3 Å². The second-order valence-electron chi connectivity index (χ2n) is 4.01. The summed E-state index contributed by atoms with van der Waals surface area (Å²) >= 11 is 0. The van der Waals surface area contributed by atoms with Crippen LogP contribution in [-0.4, -0.2) is 33.0 Å². The third-order valence-electron chi connectivity index (χ3n) is 2.43. The summed E-state index contributed by atoms with van der Waals surface area (Å²) in [4.78, 5) is 0. The van der Waals surface area contributed by atoms with Crippen molar-refractivity contribution in [3.8, 4) is 0 Å². The molecule has 0 bridgehead atoms. The van der Waals surface area contributed by atoms with Gasteiger partial charge in [0.1, 0.15) is 5.82 Å². The van der Waals surface area contributed by atoms with E-state index in [1.165, 1.54) is 12.1 Å². The zero-order valence-electron chi connectivity index (χ0n) is 11.0. The summed E-state index contributed by atoms with van der Waals surface area (Å²) in [7, 11) is 0. The molecule has 0 aliphatic carbocycles. The summed E-state index contributed by atoms with van der Waals surface area (Å²) in [5, 5.41) is 3.15. The van der Waals surface area contributed by atoms with E-state index in [-0.39, 0.29) is 5.82 Å². The first kappa shape index (κ1) is 14.9. The van der Waals surface area contributed by atoms with Gasteiger partial charge in [-0.15, -0.1) is 0 Å². The van der Waals surface area contributed by atoms with Crippen LogP contribution in [0.5, 0.6) is 0 Å². The number of rotatable bonds is 10. The number of ether oxygens (including phenoxy) is 2. The van der Waals surface area contributed by atoms with Crippen molar-refractivity contribution in [1.82, 2.24) is 0 Å². The molecule has 102 valence electrons. The molecule has 0 unspecified atom stereocenters. The maximum absolute atomic E-state index is 12.6. The smallest absolute Gasteiger partial charge is 0.123 e. The molecule has 4 heteroatoms. The van der Waals surface area contributed by atoms with Crippen LogP contribution in [-0.2, 0) is 9.47 Å². The highest BCUT2D eigenvalue weighted by Crippen LogP contribution is 2.07. The first-order valence-corrected chi connectivity index (χ1v) is 6.48. The van der Waals surface area contributed by atoms with Gasteiger partial charge in [0.25, 0.3) is 0 Å². The van der Waals surface area contributed by atoms with Crippen molar-refractivity contribution < 1.29 is 13.9 Å². The molecule has 1 rings (SSSR count). The molecule has 0 radical (unpaired) electrons. The van der Waals surface area contributed by atoms with E-state index in [1.807, 2.05) is 0 Å². The number of anilines is 1. The Balaban J connectivity index is 1.91. The fourth-order valence-corrected chi connectivity index (χ4v) is 1.40. The summed E-state index contributed by atoms with van der Waals surface area (Å²) in [6.07, 6.45) is 2.26. The van der Waals surface area contributed by atoms with Crippen molar-refractivity contribution in [3.63, 3.8) is 0 Å². The molecule has 1 N–H and O–H groups in total. The molecule has 0 saturated heterocycles. The summed E-state index contributed by atoms with van der Waals surface area (Å²) in [5.41, 5.74) is 0.902. The number of benzene rings is 1. The lowest BCUT2D eigenvalue weighted by molar-refractivity contribution is 0.0505. The molecule has 0 saturated carbocycles. The Morgan fingerprint density at radius 3 is 2.33 bits per heavy atom. The highest BCUT2D eigenvalue weighted by molar-refractivity contribution is 5.42. The lowest BCUT2D eigenvalue weighted by Gasteiger charge is -2.07. The Kier molecular flexibility index (Phi) is 8.17. The molecule has 1 aromatic carbocycles. The molecular formula is C14H22FNO2. The predicted molar refractivity (Wildman–Crippen MR) is 71.4 cm³/mol. The van der Waals surface area contributed by atoms with Crippen molar-refractivity contribution in [3.05, 3.63) is 30.1 Å². The van der Waals surface area contributed by atoms with E-state index in [2.05, 4.69) is 12.2 Å². The second-order valence-corrected chi connectivity index (χ2v) is 4.01. The summed E-state index contributed by atoms with van der Waals surface area (Å²) in [6.45, 7) is 5.55. The van der Waals surface area contributed by atoms with Gasteiger partial charge in [-0.25, -0.2) is 4.39 Å². The lowest BCUT2D eigenvalue weighted by Crippen LogP contribution is -2.12. The quantitative estimate of drug-likeness (QED) is 0.652. The Bertz CT molecular complexity index is 303. The van der Waals surface area contributed by atoms with Crippen molar-refractivity contribution in [2.24, 2.45) is 0 Å². The maximum atomic E-state index is 12.6. The predicted octanol–water partition coefficient (Wildman–Crippen LogP) is 3.07. The zero-order chi connectivity index (χ0) is 13.1. The molecule has 0 fully saturated rings. The molecule has 1 aromatic rings. The van der Waals surface area contributed by atoms with E-state index >= 15 is 0 Å². The fraction of sp³-hybridized carbons (Fsp3) is 0.571. The molecule has 0 atom stereocenters. The monoisotopic (exact) mass is 255 g/mol. The van der Waals surface area contributed by atoms with E-state index < -0.39 is 0 Å². The van der Waals surface area contributed by atoms with Gasteiger partial charge in [0.15, 0.2) is 0 Å². The first-order chi connectivity index (χ1) is 8.83. The summed E-state index contributed by atoms with van der Waals surface area (Å²) in [6, 6.07) is 6.29. The molecular weight excluding hydrogens is 233 g/mol. The standard InChI is InChI=1S/C14H22FNO2/c1-2-3-9-17-11-12-18-10-8-16-14-6-4-13(15)5-7-14/h4-7,16H,2-3,8-12H2,1H3. The third kappa shape index (κ3) is 7.25. The minimum Gasteiger partial charge on any atom is -0.383 e. The van der Waals surface area contributed by atoms with Crippen molar-refractivity contribution in [1.29, 1.82) is 0 Å². The summed E-state index contributed by atoms with van der Waals surface area (Å²) in [5.74, 6) is -0.221. The van der Waals surface area contributed by atoms with Crippen molar-refractivity contribution >= 4 is 5.69 Å². The Morgan fingerprint density at radius 2 is 1.67 bits per heavy atom. The average molecular weight is 255 g/mol. The van der Waals surface area contributed by atoms with Crippen LogP contribution < -0.4 is 5.32 Å². The molecule has 0 aliphatic rings. The minimum absolute atomic E-state index is 0.221. The van der Waals surface area contributed by atoms with E-state index in [0.29, 0.717) is 26.4 Å². The highest BCUT2D eigenvalue weighted by Gasteiger charge is 1.93. The van der Waals surface area contributed by atoms with Gasteiger partial charge >= 0.3 is 0 Å². The van der Waals surface area contributed by atoms with Crippen molar-refractivity contribution in [2.75, 3.05) is 38.3 Å². The lowest BCUT2D eigenvalue weighted by atomic mass is 10.3. The molecule has 0 aliphatic heterocycles. The number of hydrogen-bond donors (Lipinski definition) is 1. The van der Waals surface area contributed by atoms with Gasteiger partial charge in [-0.1, -0.05) is 13.3 Å². The summed E-state index contributed by atoms with van der Waals surface area (Å²) < 4.78 is 23.4. The minimum atomic E-state index is -0.221. The van der Waals surface area contributed by atoms with Gasteiger partial charge in [0.2, 0.25) is 0 Å². The van der Waals surface area contributed by atoms with Crippen LogP contribution in [0, 0.1) is 5.82 Å². The topological polar surface area (TPSA) is 30.5 Å². The Labute approximate surface area is 108 Å². The molecule has 18 heavy (non-hydrogen) atoms.